The smallest absolute Gasteiger partial charge is 0.267 e. The maximum atomic E-state index is 12.6. The first-order valence-electron chi connectivity index (χ1n) is 8.76. The van der Waals surface area contributed by atoms with Crippen LogP contribution in [0.15, 0.2) is 22.5 Å². The molecule has 1 aromatic heterocycles. The number of aryl methyl sites for hydroxylation is 1. The van der Waals surface area contributed by atoms with Crippen molar-refractivity contribution in [3.05, 3.63) is 29.3 Å². The molecular formula is C19H27N3O2S2. The van der Waals surface area contributed by atoms with Gasteiger partial charge in [0.05, 0.1) is 0 Å². The molecule has 0 bridgehead atoms. The molecule has 0 spiro atoms. The zero-order chi connectivity index (χ0) is 19.3. The molecular weight excluding hydrogens is 366 g/mol. The van der Waals surface area contributed by atoms with Gasteiger partial charge >= 0.3 is 0 Å². The van der Waals surface area contributed by atoms with Crippen LogP contribution in [0, 0.1) is 6.92 Å². The molecule has 0 saturated carbocycles. The summed E-state index contributed by atoms with van der Waals surface area (Å²) in [6.45, 7) is 10.6. The van der Waals surface area contributed by atoms with E-state index in [4.69, 9.17) is 4.74 Å². The maximum Gasteiger partial charge on any atom is 0.267 e. The zero-order valence-corrected chi connectivity index (χ0v) is 17.9. The SMILES string of the molecule is CCC(Oc1ccc(C)cc1C(C)(C)CC)C(=O)Nc1nnc(SC)s1. The second-order valence-electron chi connectivity index (χ2n) is 6.82. The molecule has 0 aliphatic rings. The number of carbonyl (C=O) groups is 1. The van der Waals surface area contributed by atoms with Crippen molar-refractivity contribution in [1.82, 2.24) is 10.2 Å². The predicted octanol–water partition coefficient (Wildman–Crippen LogP) is 5.05. The van der Waals surface area contributed by atoms with Gasteiger partial charge in [-0.1, -0.05) is 68.5 Å². The summed E-state index contributed by atoms with van der Waals surface area (Å²) in [5, 5.41) is 11.3. The Balaban J connectivity index is 2.20. The second-order valence-corrected chi connectivity index (χ2v) is 8.85. The molecule has 1 heterocycles. The van der Waals surface area contributed by atoms with Gasteiger partial charge in [0.1, 0.15) is 5.75 Å². The monoisotopic (exact) mass is 393 g/mol. The average molecular weight is 394 g/mol. The Morgan fingerprint density at radius 1 is 1.35 bits per heavy atom. The normalized spacial score (nSPS) is 12.7. The van der Waals surface area contributed by atoms with Gasteiger partial charge in [-0.2, -0.15) is 0 Å². The van der Waals surface area contributed by atoms with E-state index in [0.29, 0.717) is 11.6 Å². The van der Waals surface area contributed by atoms with Crippen molar-refractivity contribution in [2.75, 3.05) is 11.6 Å². The van der Waals surface area contributed by atoms with Crippen LogP contribution < -0.4 is 10.1 Å². The number of ether oxygens (including phenoxy) is 1. The van der Waals surface area contributed by atoms with Gasteiger partial charge in [-0.05, 0) is 37.5 Å². The lowest BCUT2D eigenvalue weighted by Crippen LogP contribution is -2.33. The van der Waals surface area contributed by atoms with Crippen molar-refractivity contribution in [2.24, 2.45) is 0 Å². The van der Waals surface area contributed by atoms with Crippen LogP contribution in [0.5, 0.6) is 5.75 Å². The first-order valence-corrected chi connectivity index (χ1v) is 10.8. The number of anilines is 1. The minimum atomic E-state index is -0.578. The van der Waals surface area contributed by atoms with Gasteiger partial charge in [0, 0.05) is 5.56 Å². The molecule has 2 rings (SSSR count). The van der Waals surface area contributed by atoms with Crippen LogP contribution >= 0.6 is 23.1 Å². The number of rotatable bonds is 8. The van der Waals surface area contributed by atoms with Crippen LogP contribution in [-0.4, -0.2) is 28.5 Å². The first-order chi connectivity index (χ1) is 12.3. The summed E-state index contributed by atoms with van der Waals surface area (Å²) in [6.07, 6.45) is 2.90. The number of nitrogens with one attached hydrogen (secondary N) is 1. The molecule has 1 aromatic carbocycles. The van der Waals surface area contributed by atoms with Crippen molar-refractivity contribution in [2.45, 2.75) is 63.3 Å². The van der Waals surface area contributed by atoms with E-state index >= 15 is 0 Å². The van der Waals surface area contributed by atoms with Gasteiger partial charge < -0.3 is 4.74 Å². The number of benzene rings is 1. The molecule has 1 unspecified atom stereocenters. The van der Waals surface area contributed by atoms with Gasteiger partial charge in [0.15, 0.2) is 10.4 Å². The standard InChI is InChI=1S/C19H27N3O2S2/c1-7-14(16(23)20-17-21-22-18(25-6)26-17)24-15-10-9-12(3)11-13(15)19(4,5)8-2/h9-11,14H,7-8H2,1-6H3,(H,20,21,23). The molecule has 142 valence electrons. The molecule has 5 nitrogen and oxygen atoms in total. The van der Waals surface area contributed by atoms with Crippen molar-refractivity contribution >= 4 is 34.1 Å². The lowest BCUT2D eigenvalue weighted by atomic mass is 9.81. The molecule has 7 heteroatoms. The number of hydrogen-bond donors (Lipinski definition) is 1. The van der Waals surface area contributed by atoms with E-state index in [2.05, 4.69) is 49.3 Å². The fourth-order valence-corrected chi connectivity index (χ4v) is 3.64. The molecule has 0 fully saturated rings. The van der Waals surface area contributed by atoms with Crippen LogP contribution in [0.25, 0.3) is 0 Å². The highest BCUT2D eigenvalue weighted by Gasteiger charge is 2.26. The summed E-state index contributed by atoms with van der Waals surface area (Å²) in [4.78, 5) is 12.6. The van der Waals surface area contributed by atoms with Crippen molar-refractivity contribution in [3.8, 4) is 5.75 Å². The molecule has 0 aliphatic carbocycles. The third-order valence-corrected chi connectivity index (χ3v) is 6.31. The summed E-state index contributed by atoms with van der Waals surface area (Å²) < 4.78 is 6.96. The van der Waals surface area contributed by atoms with E-state index in [9.17, 15) is 4.79 Å². The Morgan fingerprint density at radius 3 is 2.65 bits per heavy atom. The van der Waals surface area contributed by atoms with Crippen LogP contribution in [0.2, 0.25) is 0 Å². The summed E-state index contributed by atoms with van der Waals surface area (Å²) in [7, 11) is 0. The zero-order valence-electron chi connectivity index (χ0n) is 16.3. The van der Waals surface area contributed by atoms with Crippen LogP contribution in [-0.2, 0) is 10.2 Å². The molecule has 0 aliphatic heterocycles. The highest BCUT2D eigenvalue weighted by molar-refractivity contribution is 8.00. The number of carbonyl (C=O) groups excluding carboxylic acids is 1. The fraction of sp³-hybridized carbons (Fsp3) is 0.526. The van der Waals surface area contributed by atoms with Gasteiger partial charge in [-0.15, -0.1) is 10.2 Å². The van der Waals surface area contributed by atoms with Gasteiger partial charge in [0.25, 0.3) is 5.91 Å². The molecule has 26 heavy (non-hydrogen) atoms. The lowest BCUT2D eigenvalue weighted by molar-refractivity contribution is -0.122. The summed E-state index contributed by atoms with van der Waals surface area (Å²) in [5.74, 6) is 0.573. The van der Waals surface area contributed by atoms with Crippen LogP contribution in [0.3, 0.4) is 0 Å². The number of aromatic nitrogens is 2. The predicted molar refractivity (Wildman–Crippen MR) is 110 cm³/mol. The largest absolute Gasteiger partial charge is 0.480 e. The third-order valence-electron chi connectivity index (χ3n) is 4.49. The van der Waals surface area contributed by atoms with Gasteiger partial charge in [0.2, 0.25) is 5.13 Å². The van der Waals surface area contributed by atoms with E-state index in [1.54, 1.807) is 0 Å². The number of hydrogen-bond acceptors (Lipinski definition) is 6. The van der Waals surface area contributed by atoms with Crippen LogP contribution in [0.4, 0.5) is 5.13 Å². The van der Waals surface area contributed by atoms with Gasteiger partial charge in [-0.25, -0.2) is 0 Å². The minimum absolute atomic E-state index is 0.0252. The quantitative estimate of drug-likeness (QED) is 0.502. The van der Waals surface area contributed by atoms with Crippen molar-refractivity contribution < 1.29 is 9.53 Å². The Morgan fingerprint density at radius 2 is 2.08 bits per heavy atom. The Labute approximate surface area is 163 Å². The molecule has 1 amide bonds. The Kier molecular flexibility index (Phi) is 7.06. The third kappa shape index (κ3) is 4.98. The molecule has 0 saturated heterocycles. The fourth-order valence-electron chi connectivity index (χ4n) is 2.47. The molecule has 2 aromatic rings. The average Bonchev–Trinajstić information content (AvgIpc) is 3.08. The number of thioether (sulfide) groups is 1. The highest BCUT2D eigenvalue weighted by Crippen LogP contribution is 2.35. The van der Waals surface area contributed by atoms with Crippen LogP contribution in [0.1, 0.15) is 51.7 Å². The highest BCUT2D eigenvalue weighted by atomic mass is 32.2. The van der Waals surface area contributed by atoms with E-state index in [0.717, 1.165) is 22.1 Å². The van der Waals surface area contributed by atoms with Crippen molar-refractivity contribution in [3.63, 3.8) is 0 Å². The van der Waals surface area contributed by atoms with E-state index < -0.39 is 6.10 Å². The number of amides is 1. The lowest BCUT2D eigenvalue weighted by Gasteiger charge is -2.28. The second kappa shape index (κ2) is 8.86. The molecule has 1 atom stereocenters. The van der Waals surface area contributed by atoms with Crippen molar-refractivity contribution in [1.29, 1.82) is 0 Å². The molecule has 0 radical (unpaired) electrons. The summed E-state index contributed by atoms with van der Waals surface area (Å²) >= 11 is 2.87. The van der Waals surface area contributed by atoms with E-state index in [1.807, 2.05) is 25.3 Å². The van der Waals surface area contributed by atoms with Gasteiger partial charge in [-0.3, -0.25) is 10.1 Å². The maximum absolute atomic E-state index is 12.6. The minimum Gasteiger partial charge on any atom is -0.480 e. The van der Waals surface area contributed by atoms with E-state index in [1.165, 1.54) is 28.7 Å². The summed E-state index contributed by atoms with van der Waals surface area (Å²) in [6, 6.07) is 6.14. The topological polar surface area (TPSA) is 64.1 Å². The number of nitrogens with zero attached hydrogens (tertiary/aromatic N) is 2. The van der Waals surface area contributed by atoms with E-state index in [-0.39, 0.29) is 11.3 Å². The Hall–Kier alpha value is -1.60. The summed E-state index contributed by atoms with van der Waals surface area (Å²) in [5.41, 5.74) is 2.29. The first kappa shape index (κ1) is 20.7. The Bertz CT molecular complexity index is 759. The molecule has 1 N–H and O–H groups in total.